The summed E-state index contributed by atoms with van der Waals surface area (Å²) in [5.74, 6) is -0.452. The molecule has 2 rings (SSSR count). The van der Waals surface area contributed by atoms with Crippen LogP contribution in [0, 0.1) is 5.41 Å². The summed E-state index contributed by atoms with van der Waals surface area (Å²) in [7, 11) is 0. The molecule has 136 valence electrons. The molecule has 0 heterocycles. The van der Waals surface area contributed by atoms with Crippen LogP contribution in [-0.4, -0.2) is 16.3 Å². The van der Waals surface area contributed by atoms with Gasteiger partial charge < -0.3 is 4.74 Å². The van der Waals surface area contributed by atoms with Gasteiger partial charge in [-0.2, -0.15) is 0 Å². The average molecular weight is 447 g/mol. The third kappa shape index (κ3) is 5.72. The Hall–Kier alpha value is -1.06. The van der Waals surface area contributed by atoms with Gasteiger partial charge >= 0.3 is 0 Å². The molecule has 0 aliphatic rings. The molecular weight excluding hydrogens is 432 g/mol. The molecule has 26 heavy (non-hydrogen) atoms. The van der Waals surface area contributed by atoms with Crippen molar-refractivity contribution in [1.29, 1.82) is 5.41 Å². The molecule has 2 nitrogen and oxygen atoms in total. The molecule has 1 unspecified atom stereocenters. The van der Waals surface area contributed by atoms with Gasteiger partial charge in [0.05, 0.1) is 0 Å². The summed E-state index contributed by atoms with van der Waals surface area (Å²) in [6, 6.07) is 17.1. The Balaban J connectivity index is 2.44. The van der Waals surface area contributed by atoms with Crippen LogP contribution in [0.1, 0.15) is 5.56 Å². The maximum atomic E-state index is 7.83. The van der Waals surface area contributed by atoms with Gasteiger partial charge in [-0.3, -0.25) is 5.41 Å². The second-order valence-corrected chi connectivity index (χ2v) is 9.40. The van der Waals surface area contributed by atoms with E-state index in [4.69, 9.17) is 56.5 Å². The predicted molar refractivity (Wildman–Crippen MR) is 113 cm³/mol. The van der Waals surface area contributed by atoms with Crippen molar-refractivity contribution in [3.05, 3.63) is 83.6 Å². The molecule has 0 amide bonds. The van der Waals surface area contributed by atoms with Crippen molar-refractivity contribution in [3.8, 4) is 0 Å². The van der Waals surface area contributed by atoms with E-state index in [9.17, 15) is 0 Å². The number of hydrogen-bond acceptors (Lipinski definition) is 3. The van der Waals surface area contributed by atoms with E-state index in [0.717, 1.165) is 10.5 Å². The van der Waals surface area contributed by atoms with Crippen molar-refractivity contribution in [1.82, 2.24) is 0 Å². The number of alkyl halides is 3. The molecule has 0 saturated carbocycles. The van der Waals surface area contributed by atoms with Crippen molar-refractivity contribution >= 4 is 64.1 Å². The maximum Gasteiger partial charge on any atom is 0.265 e. The number of benzene rings is 2. The fraction of sp³-hybridized carbons (Fsp3) is 0.158. The Kier molecular flexibility index (Phi) is 7.54. The number of hydrogen-bond donors (Lipinski definition) is 1. The molecule has 0 aliphatic carbocycles. The minimum Gasteiger partial charge on any atom is -0.476 e. The van der Waals surface area contributed by atoms with Crippen LogP contribution in [0.2, 0.25) is 5.02 Å². The fourth-order valence-electron chi connectivity index (χ4n) is 2.18. The summed E-state index contributed by atoms with van der Waals surface area (Å²) in [6.07, 6.45) is 1.78. The lowest BCUT2D eigenvalue weighted by molar-refractivity contribution is 0.273. The van der Waals surface area contributed by atoms with Gasteiger partial charge in [-0.25, -0.2) is 0 Å². The highest BCUT2D eigenvalue weighted by molar-refractivity contribution is 8.00. The lowest BCUT2D eigenvalue weighted by atomic mass is 9.99. The fourth-order valence-corrected chi connectivity index (χ4v) is 3.70. The van der Waals surface area contributed by atoms with Crippen molar-refractivity contribution in [2.24, 2.45) is 0 Å². The quantitative estimate of drug-likeness (QED) is 0.170. The lowest BCUT2D eigenvalue weighted by Crippen LogP contribution is -2.31. The smallest absolute Gasteiger partial charge is 0.265 e. The van der Waals surface area contributed by atoms with Gasteiger partial charge in [0.1, 0.15) is 11.4 Å². The van der Waals surface area contributed by atoms with Crippen molar-refractivity contribution < 1.29 is 4.74 Å². The van der Waals surface area contributed by atoms with Gasteiger partial charge in [-0.1, -0.05) is 83.3 Å². The highest BCUT2D eigenvalue weighted by Crippen LogP contribution is 2.44. The molecule has 0 spiro atoms. The SMILES string of the molecule is C=C=CC(COC(=N)C(Cl)(Cl)Cl)(Sc1ccccc1)c1ccc(Cl)cc1. The Labute approximate surface area is 177 Å². The van der Waals surface area contributed by atoms with Crippen LogP contribution in [0.15, 0.2) is 77.9 Å². The summed E-state index contributed by atoms with van der Waals surface area (Å²) in [5, 5.41) is 8.45. The van der Waals surface area contributed by atoms with E-state index in [1.165, 1.54) is 11.8 Å². The van der Waals surface area contributed by atoms with Crippen LogP contribution in [0.25, 0.3) is 0 Å². The minimum atomic E-state index is -1.93. The number of rotatable bonds is 6. The van der Waals surface area contributed by atoms with Gasteiger partial charge in [0, 0.05) is 9.92 Å². The second-order valence-electron chi connectivity index (χ2n) is 5.28. The van der Waals surface area contributed by atoms with Crippen molar-refractivity contribution in [2.45, 2.75) is 13.4 Å². The Morgan fingerprint density at radius 3 is 2.27 bits per heavy atom. The summed E-state index contributed by atoms with van der Waals surface area (Å²) >= 11 is 24.8. The Bertz CT molecular complexity index is 799. The van der Waals surface area contributed by atoms with Crippen LogP contribution < -0.4 is 0 Å². The third-order valence-electron chi connectivity index (χ3n) is 3.40. The number of nitrogens with one attached hydrogen (secondary N) is 1. The highest BCUT2D eigenvalue weighted by Gasteiger charge is 2.36. The van der Waals surface area contributed by atoms with E-state index >= 15 is 0 Å². The molecule has 1 N–H and O–H groups in total. The van der Waals surface area contributed by atoms with E-state index in [1.807, 2.05) is 42.5 Å². The first-order chi connectivity index (χ1) is 12.3. The Morgan fingerprint density at radius 1 is 1.12 bits per heavy atom. The first kappa shape index (κ1) is 21.2. The molecule has 0 radical (unpaired) electrons. The van der Waals surface area contributed by atoms with Crippen LogP contribution in [0.3, 0.4) is 0 Å². The predicted octanol–water partition coefficient (Wildman–Crippen LogP) is 7.03. The zero-order valence-electron chi connectivity index (χ0n) is 13.5. The van der Waals surface area contributed by atoms with E-state index in [2.05, 4.69) is 12.3 Å². The standard InChI is InChI=1S/C19H15Cl4NOS/c1-2-12-18(13-25-17(24)19(21,22)23,14-8-10-15(20)11-9-14)26-16-6-4-3-5-7-16/h3-12,24H,1,13H2. The molecule has 0 bridgehead atoms. The number of thioether (sulfide) groups is 1. The van der Waals surface area contributed by atoms with Gasteiger partial charge in [-0.05, 0) is 35.9 Å². The van der Waals surface area contributed by atoms with Crippen LogP contribution >= 0.6 is 58.2 Å². The molecule has 7 heteroatoms. The van der Waals surface area contributed by atoms with Crippen LogP contribution in [-0.2, 0) is 9.48 Å². The van der Waals surface area contributed by atoms with Crippen LogP contribution in [0.4, 0.5) is 0 Å². The van der Waals surface area contributed by atoms with Gasteiger partial charge in [-0.15, -0.1) is 17.5 Å². The first-order valence-corrected chi connectivity index (χ1v) is 9.75. The highest BCUT2D eigenvalue weighted by atomic mass is 35.6. The molecule has 2 aromatic carbocycles. The van der Waals surface area contributed by atoms with Gasteiger partial charge in [0.2, 0.25) is 5.90 Å². The average Bonchev–Trinajstić information content (AvgIpc) is 2.60. The van der Waals surface area contributed by atoms with Gasteiger partial charge in [0.25, 0.3) is 3.79 Å². The zero-order chi connectivity index (χ0) is 19.2. The third-order valence-corrected chi connectivity index (χ3v) is 5.51. The Morgan fingerprint density at radius 2 is 1.73 bits per heavy atom. The topological polar surface area (TPSA) is 33.1 Å². The van der Waals surface area contributed by atoms with E-state index in [0.29, 0.717) is 5.02 Å². The van der Waals surface area contributed by atoms with E-state index in [-0.39, 0.29) is 6.61 Å². The normalized spacial score (nSPS) is 13.4. The minimum absolute atomic E-state index is 0.0451. The van der Waals surface area contributed by atoms with Gasteiger partial charge in [0.15, 0.2) is 0 Å². The number of halogens is 4. The zero-order valence-corrected chi connectivity index (χ0v) is 17.4. The second kappa shape index (κ2) is 9.23. The molecule has 1 atom stereocenters. The largest absolute Gasteiger partial charge is 0.476 e. The molecule has 2 aromatic rings. The molecule has 0 aliphatic heterocycles. The number of ether oxygens (including phenoxy) is 1. The van der Waals surface area contributed by atoms with E-state index < -0.39 is 14.4 Å². The summed E-state index contributed by atoms with van der Waals surface area (Å²) in [4.78, 5) is 0.998. The van der Waals surface area contributed by atoms with Crippen molar-refractivity contribution in [2.75, 3.05) is 6.61 Å². The van der Waals surface area contributed by atoms with Crippen molar-refractivity contribution in [3.63, 3.8) is 0 Å². The van der Waals surface area contributed by atoms with E-state index in [1.54, 1.807) is 18.2 Å². The molecular formula is C19H15Cl4NOS. The summed E-state index contributed by atoms with van der Waals surface area (Å²) < 4.78 is 2.85. The molecule has 0 saturated heterocycles. The monoisotopic (exact) mass is 445 g/mol. The lowest BCUT2D eigenvalue weighted by Gasteiger charge is -2.31. The van der Waals surface area contributed by atoms with Crippen LogP contribution in [0.5, 0.6) is 0 Å². The summed E-state index contributed by atoms with van der Waals surface area (Å²) in [6.45, 7) is 3.74. The molecule has 0 aromatic heterocycles. The maximum absolute atomic E-state index is 7.83. The summed E-state index contributed by atoms with van der Waals surface area (Å²) in [5.41, 5.74) is 3.72. The molecule has 0 fully saturated rings. The first-order valence-electron chi connectivity index (χ1n) is 7.42.